The lowest BCUT2D eigenvalue weighted by Crippen LogP contribution is -2.44. The van der Waals surface area contributed by atoms with E-state index >= 15 is 0 Å². The van der Waals surface area contributed by atoms with Crippen molar-refractivity contribution in [1.29, 1.82) is 0 Å². The maximum atomic E-state index is 13.4. The average molecular weight is 418 g/mol. The van der Waals surface area contributed by atoms with E-state index in [2.05, 4.69) is 73.3 Å². The SMILES string of the molecule is CCOc1ccccc1NC(=O)N1CCn2cccc2C1c1ccc(C(C)(C)C)cc1. The van der Waals surface area contributed by atoms with Gasteiger partial charge in [0.1, 0.15) is 5.75 Å². The molecule has 162 valence electrons. The maximum Gasteiger partial charge on any atom is 0.322 e. The number of para-hydroxylation sites is 2. The van der Waals surface area contributed by atoms with Crippen LogP contribution in [-0.4, -0.2) is 28.6 Å². The lowest BCUT2D eigenvalue weighted by molar-refractivity contribution is 0.181. The number of carbonyl (C=O) groups excluding carboxylic acids is 1. The molecule has 2 heterocycles. The Balaban J connectivity index is 1.66. The fourth-order valence-corrected chi connectivity index (χ4v) is 4.16. The number of nitrogens with zero attached hydrogens (tertiary/aromatic N) is 2. The second-order valence-corrected chi connectivity index (χ2v) is 8.95. The van der Waals surface area contributed by atoms with Gasteiger partial charge in [-0.25, -0.2) is 4.79 Å². The molecular weight excluding hydrogens is 386 g/mol. The van der Waals surface area contributed by atoms with Gasteiger partial charge in [-0.1, -0.05) is 57.2 Å². The summed E-state index contributed by atoms with van der Waals surface area (Å²) < 4.78 is 7.92. The number of anilines is 1. The minimum Gasteiger partial charge on any atom is -0.492 e. The molecule has 0 aliphatic carbocycles. The molecule has 0 fully saturated rings. The molecular formula is C26H31N3O2. The van der Waals surface area contributed by atoms with Crippen molar-refractivity contribution in [3.05, 3.63) is 83.7 Å². The molecule has 0 saturated heterocycles. The van der Waals surface area contributed by atoms with Crippen molar-refractivity contribution >= 4 is 11.7 Å². The summed E-state index contributed by atoms with van der Waals surface area (Å²) in [6, 6.07) is 20.1. The Bertz CT molecular complexity index is 1050. The number of benzene rings is 2. The highest BCUT2D eigenvalue weighted by Gasteiger charge is 2.32. The Labute approximate surface area is 184 Å². The summed E-state index contributed by atoms with van der Waals surface area (Å²) >= 11 is 0. The van der Waals surface area contributed by atoms with Gasteiger partial charge in [-0.3, -0.25) is 0 Å². The Hall–Kier alpha value is -3.21. The van der Waals surface area contributed by atoms with E-state index in [1.54, 1.807) is 0 Å². The third-order valence-electron chi connectivity index (χ3n) is 5.82. The van der Waals surface area contributed by atoms with E-state index in [9.17, 15) is 4.79 Å². The second-order valence-electron chi connectivity index (χ2n) is 8.95. The van der Waals surface area contributed by atoms with Gasteiger partial charge in [-0.2, -0.15) is 0 Å². The number of ether oxygens (including phenoxy) is 1. The zero-order valence-corrected chi connectivity index (χ0v) is 18.8. The van der Waals surface area contributed by atoms with Crippen LogP contribution in [-0.2, 0) is 12.0 Å². The van der Waals surface area contributed by atoms with Gasteiger partial charge in [0.05, 0.1) is 18.3 Å². The molecule has 1 aliphatic heterocycles. The van der Waals surface area contributed by atoms with Gasteiger partial charge in [0.15, 0.2) is 0 Å². The fraction of sp³-hybridized carbons (Fsp3) is 0.346. The largest absolute Gasteiger partial charge is 0.492 e. The third kappa shape index (κ3) is 4.31. The Morgan fingerprint density at radius 3 is 2.48 bits per heavy atom. The van der Waals surface area contributed by atoms with Gasteiger partial charge < -0.3 is 19.5 Å². The predicted octanol–water partition coefficient (Wildman–Crippen LogP) is 5.82. The Morgan fingerprint density at radius 2 is 1.77 bits per heavy atom. The van der Waals surface area contributed by atoms with E-state index in [1.165, 1.54) is 5.56 Å². The normalized spacial score (nSPS) is 16.0. The van der Waals surface area contributed by atoms with E-state index in [1.807, 2.05) is 36.1 Å². The number of hydrogen-bond donors (Lipinski definition) is 1. The summed E-state index contributed by atoms with van der Waals surface area (Å²) in [4.78, 5) is 15.3. The highest BCUT2D eigenvalue weighted by molar-refractivity contribution is 5.91. The Morgan fingerprint density at radius 1 is 1.03 bits per heavy atom. The number of carbonyl (C=O) groups is 1. The molecule has 0 radical (unpaired) electrons. The molecule has 2 aromatic carbocycles. The first-order chi connectivity index (χ1) is 14.9. The molecule has 0 spiro atoms. The first kappa shape index (κ1) is 21.0. The van der Waals surface area contributed by atoms with Crippen molar-refractivity contribution in [1.82, 2.24) is 9.47 Å². The van der Waals surface area contributed by atoms with Gasteiger partial charge in [0.25, 0.3) is 0 Å². The molecule has 3 aromatic rings. The fourth-order valence-electron chi connectivity index (χ4n) is 4.16. The Kier molecular flexibility index (Phi) is 5.77. The van der Waals surface area contributed by atoms with E-state index < -0.39 is 0 Å². The molecule has 4 rings (SSSR count). The van der Waals surface area contributed by atoms with Crippen LogP contribution in [0.2, 0.25) is 0 Å². The van der Waals surface area contributed by atoms with Crippen LogP contribution < -0.4 is 10.1 Å². The quantitative estimate of drug-likeness (QED) is 0.581. The molecule has 1 aromatic heterocycles. The first-order valence-electron chi connectivity index (χ1n) is 10.9. The summed E-state index contributed by atoms with van der Waals surface area (Å²) in [5.41, 5.74) is 4.30. The van der Waals surface area contributed by atoms with Crippen LogP contribution in [0.4, 0.5) is 10.5 Å². The minimum atomic E-state index is -0.142. The van der Waals surface area contributed by atoms with Gasteiger partial charge in [-0.15, -0.1) is 0 Å². The number of amides is 2. The van der Waals surface area contributed by atoms with Crippen molar-refractivity contribution in [2.24, 2.45) is 0 Å². The van der Waals surface area contributed by atoms with E-state index in [0.717, 1.165) is 17.8 Å². The van der Waals surface area contributed by atoms with Crippen molar-refractivity contribution in [3.63, 3.8) is 0 Å². The van der Waals surface area contributed by atoms with Gasteiger partial charge in [-0.05, 0) is 47.7 Å². The van der Waals surface area contributed by atoms with Crippen molar-refractivity contribution in [2.75, 3.05) is 18.5 Å². The number of hydrogen-bond acceptors (Lipinski definition) is 2. The minimum absolute atomic E-state index is 0.0887. The lowest BCUT2D eigenvalue weighted by Gasteiger charge is -2.37. The zero-order chi connectivity index (χ0) is 22.0. The van der Waals surface area contributed by atoms with Crippen molar-refractivity contribution in [3.8, 4) is 5.75 Å². The van der Waals surface area contributed by atoms with Crippen LogP contribution in [0.5, 0.6) is 5.75 Å². The monoisotopic (exact) mass is 417 g/mol. The standard InChI is InChI=1S/C26H31N3O2/c1-5-31-23-11-7-6-9-21(23)27-25(30)29-18-17-28-16-8-10-22(28)24(29)19-12-14-20(15-13-19)26(2,3)4/h6-16,24H,5,17-18H2,1-4H3,(H,27,30). The molecule has 1 N–H and O–H groups in total. The lowest BCUT2D eigenvalue weighted by atomic mass is 9.86. The number of aromatic nitrogens is 1. The second kappa shape index (κ2) is 8.50. The first-order valence-corrected chi connectivity index (χ1v) is 10.9. The summed E-state index contributed by atoms with van der Waals surface area (Å²) in [7, 11) is 0. The van der Waals surface area contributed by atoms with Crippen molar-refractivity contribution < 1.29 is 9.53 Å². The summed E-state index contributed by atoms with van der Waals surface area (Å²) in [5.74, 6) is 0.685. The van der Waals surface area contributed by atoms with Crippen LogP contribution in [0.15, 0.2) is 66.9 Å². The van der Waals surface area contributed by atoms with Gasteiger partial charge in [0.2, 0.25) is 0 Å². The van der Waals surface area contributed by atoms with Crippen LogP contribution in [0.3, 0.4) is 0 Å². The number of urea groups is 1. The predicted molar refractivity (Wildman–Crippen MR) is 125 cm³/mol. The molecule has 5 heteroatoms. The van der Waals surface area contributed by atoms with Crippen LogP contribution in [0.1, 0.15) is 50.6 Å². The van der Waals surface area contributed by atoms with E-state index in [4.69, 9.17) is 4.74 Å². The smallest absolute Gasteiger partial charge is 0.322 e. The molecule has 31 heavy (non-hydrogen) atoms. The number of nitrogens with one attached hydrogen (secondary N) is 1. The topological polar surface area (TPSA) is 46.5 Å². The molecule has 1 aliphatic rings. The molecule has 1 atom stereocenters. The van der Waals surface area contributed by atoms with E-state index in [-0.39, 0.29) is 17.5 Å². The summed E-state index contributed by atoms with van der Waals surface area (Å²) in [6.07, 6.45) is 2.09. The summed E-state index contributed by atoms with van der Waals surface area (Å²) in [5, 5.41) is 3.08. The molecule has 2 amide bonds. The van der Waals surface area contributed by atoms with Crippen LogP contribution >= 0.6 is 0 Å². The summed E-state index contributed by atoms with van der Waals surface area (Å²) in [6.45, 7) is 10.5. The van der Waals surface area contributed by atoms with E-state index in [0.29, 0.717) is 24.6 Å². The average Bonchev–Trinajstić information content (AvgIpc) is 3.23. The van der Waals surface area contributed by atoms with Crippen molar-refractivity contribution in [2.45, 2.75) is 45.7 Å². The number of fused-ring (bicyclic) bond motifs is 1. The van der Waals surface area contributed by atoms with Crippen LogP contribution in [0, 0.1) is 0 Å². The molecule has 5 nitrogen and oxygen atoms in total. The maximum absolute atomic E-state index is 13.4. The highest BCUT2D eigenvalue weighted by Crippen LogP contribution is 2.35. The third-order valence-corrected chi connectivity index (χ3v) is 5.82. The zero-order valence-electron chi connectivity index (χ0n) is 18.8. The highest BCUT2D eigenvalue weighted by atomic mass is 16.5. The molecule has 1 unspecified atom stereocenters. The van der Waals surface area contributed by atoms with Gasteiger partial charge in [0, 0.05) is 25.0 Å². The number of rotatable bonds is 4. The molecule has 0 saturated carbocycles. The molecule has 0 bridgehead atoms. The van der Waals surface area contributed by atoms with Crippen LogP contribution in [0.25, 0.3) is 0 Å². The van der Waals surface area contributed by atoms with Gasteiger partial charge >= 0.3 is 6.03 Å².